The maximum Gasteiger partial charge on any atom is 0.256 e. The van der Waals surface area contributed by atoms with Crippen LogP contribution in [0.4, 0.5) is 0 Å². The van der Waals surface area contributed by atoms with Gasteiger partial charge in [0.2, 0.25) is 0 Å². The molecule has 3 nitrogen and oxygen atoms in total. The van der Waals surface area contributed by atoms with Gasteiger partial charge in [0, 0.05) is 11.1 Å². The summed E-state index contributed by atoms with van der Waals surface area (Å²) in [7, 11) is 0. The first-order chi connectivity index (χ1) is 9.54. The lowest BCUT2D eigenvalue weighted by molar-refractivity contribution is 0.618. The summed E-state index contributed by atoms with van der Waals surface area (Å²) in [6.45, 7) is 8.68. The molecule has 0 radical (unpaired) electrons. The fourth-order valence-corrected chi connectivity index (χ4v) is 2.89. The molecule has 3 rings (SSSR count). The van der Waals surface area contributed by atoms with E-state index in [0.29, 0.717) is 17.7 Å². The lowest BCUT2D eigenvalue weighted by Crippen LogP contribution is -1.85. The van der Waals surface area contributed by atoms with Gasteiger partial charge < -0.3 is 4.42 Å². The van der Waals surface area contributed by atoms with Crippen LogP contribution < -0.4 is 0 Å². The van der Waals surface area contributed by atoms with Gasteiger partial charge in [0.15, 0.2) is 10.6 Å². The van der Waals surface area contributed by atoms with Crippen molar-refractivity contribution in [2.75, 3.05) is 0 Å². The molecular formula is C16H18N2OS. The highest BCUT2D eigenvalue weighted by Crippen LogP contribution is 2.31. The number of benzene rings is 1. The minimum absolute atomic E-state index is 0.484. The molecule has 20 heavy (non-hydrogen) atoms. The molecule has 2 heterocycles. The summed E-state index contributed by atoms with van der Waals surface area (Å²) in [5, 5.41) is 0.857. The van der Waals surface area contributed by atoms with Crippen LogP contribution in [0.25, 0.3) is 22.0 Å². The molecule has 0 aliphatic carbocycles. The van der Waals surface area contributed by atoms with Crippen LogP contribution in [0.1, 0.15) is 50.0 Å². The van der Waals surface area contributed by atoms with Gasteiger partial charge in [-0.2, -0.15) is 0 Å². The fourth-order valence-electron chi connectivity index (χ4n) is 2.04. The molecular weight excluding hydrogens is 268 g/mol. The van der Waals surface area contributed by atoms with E-state index in [1.54, 1.807) is 11.3 Å². The van der Waals surface area contributed by atoms with E-state index in [-0.39, 0.29) is 0 Å². The summed E-state index contributed by atoms with van der Waals surface area (Å²) < 4.78 is 5.87. The Kier molecular flexibility index (Phi) is 3.34. The Bertz CT molecular complexity index is 740. The SMILES string of the molecule is CC(C)c1ccc2nc(-c3ncc(C(C)C)s3)oc2c1. The Morgan fingerprint density at radius 1 is 1.10 bits per heavy atom. The highest BCUT2D eigenvalue weighted by Gasteiger charge is 2.14. The van der Waals surface area contributed by atoms with Crippen LogP contribution in [0.15, 0.2) is 28.8 Å². The quantitative estimate of drug-likeness (QED) is 0.664. The molecule has 0 N–H and O–H groups in total. The van der Waals surface area contributed by atoms with Gasteiger partial charge in [0.05, 0.1) is 0 Å². The smallest absolute Gasteiger partial charge is 0.256 e. The van der Waals surface area contributed by atoms with Gasteiger partial charge in [0.1, 0.15) is 5.52 Å². The monoisotopic (exact) mass is 286 g/mol. The number of rotatable bonds is 3. The molecule has 0 saturated heterocycles. The number of nitrogens with zero attached hydrogens (tertiary/aromatic N) is 2. The van der Waals surface area contributed by atoms with Crippen LogP contribution in [0.5, 0.6) is 0 Å². The van der Waals surface area contributed by atoms with Crippen LogP contribution in [0.3, 0.4) is 0 Å². The second kappa shape index (κ2) is 5.02. The average molecular weight is 286 g/mol. The zero-order valence-corrected chi connectivity index (χ0v) is 13.0. The van der Waals surface area contributed by atoms with Crippen LogP contribution in [-0.2, 0) is 0 Å². The lowest BCUT2D eigenvalue weighted by atomic mass is 10.0. The van der Waals surface area contributed by atoms with E-state index in [4.69, 9.17) is 4.42 Å². The third kappa shape index (κ3) is 2.36. The van der Waals surface area contributed by atoms with Gasteiger partial charge in [-0.1, -0.05) is 33.8 Å². The normalized spacial score (nSPS) is 11.9. The summed E-state index contributed by atoms with van der Waals surface area (Å²) >= 11 is 1.65. The largest absolute Gasteiger partial charge is 0.434 e. The van der Waals surface area contributed by atoms with E-state index in [0.717, 1.165) is 16.1 Å². The Morgan fingerprint density at radius 3 is 2.55 bits per heavy atom. The van der Waals surface area contributed by atoms with Crippen molar-refractivity contribution in [3.63, 3.8) is 0 Å². The van der Waals surface area contributed by atoms with Crippen LogP contribution in [0.2, 0.25) is 0 Å². The number of hydrogen-bond donors (Lipinski definition) is 0. The number of aromatic nitrogens is 2. The van der Waals surface area contributed by atoms with Crippen molar-refractivity contribution in [3.05, 3.63) is 34.8 Å². The van der Waals surface area contributed by atoms with E-state index < -0.39 is 0 Å². The first-order valence-corrected chi connectivity index (χ1v) is 7.73. The average Bonchev–Trinajstić information content (AvgIpc) is 3.04. The number of fused-ring (bicyclic) bond motifs is 1. The maximum atomic E-state index is 5.87. The molecule has 0 fully saturated rings. The molecule has 104 valence electrons. The first-order valence-electron chi connectivity index (χ1n) is 6.91. The molecule has 0 unspecified atom stereocenters. The summed E-state index contributed by atoms with van der Waals surface area (Å²) in [6.07, 6.45) is 1.92. The third-order valence-corrected chi connectivity index (χ3v) is 4.64. The van der Waals surface area contributed by atoms with Crippen molar-refractivity contribution in [2.24, 2.45) is 0 Å². The van der Waals surface area contributed by atoms with Gasteiger partial charge in [-0.25, -0.2) is 9.97 Å². The van der Waals surface area contributed by atoms with Crippen LogP contribution >= 0.6 is 11.3 Å². The van der Waals surface area contributed by atoms with E-state index in [1.165, 1.54) is 10.4 Å². The molecule has 0 saturated carbocycles. The summed E-state index contributed by atoms with van der Waals surface area (Å²) in [5.41, 5.74) is 3.00. The van der Waals surface area contributed by atoms with Crippen molar-refractivity contribution >= 4 is 22.4 Å². The summed E-state index contributed by atoms with van der Waals surface area (Å²) in [6, 6.07) is 6.21. The molecule has 0 amide bonds. The highest BCUT2D eigenvalue weighted by molar-refractivity contribution is 7.15. The second-order valence-corrected chi connectivity index (χ2v) is 6.69. The van der Waals surface area contributed by atoms with Gasteiger partial charge in [-0.3, -0.25) is 0 Å². The minimum atomic E-state index is 0.484. The molecule has 4 heteroatoms. The second-order valence-electron chi connectivity index (χ2n) is 5.62. The summed E-state index contributed by atoms with van der Waals surface area (Å²) in [4.78, 5) is 10.2. The Balaban J connectivity index is 2.03. The molecule has 3 aromatic rings. The fraction of sp³-hybridized carbons (Fsp3) is 0.375. The molecule has 0 atom stereocenters. The summed E-state index contributed by atoms with van der Waals surface area (Å²) in [5.74, 6) is 1.59. The van der Waals surface area contributed by atoms with Crippen LogP contribution in [-0.4, -0.2) is 9.97 Å². The minimum Gasteiger partial charge on any atom is -0.434 e. The number of oxazole rings is 1. The first kappa shape index (κ1) is 13.3. The van der Waals surface area contributed by atoms with Crippen LogP contribution in [0, 0.1) is 0 Å². The van der Waals surface area contributed by atoms with Crippen molar-refractivity contribution in [1.82, 2.24) is 9.97 Å². The number of thiazole rings is 1. The van der Waals surface area contributed by atoms with Crippen molar-refractivity contribution in [2.45, 2.75) is 39.5 Å². The number of hydrogen-bond acceptors (Lipinski definition) is 4. The lowest BCUT2D eigenvalue weighted by Gasteiger charge is -2.02. The third-order valence-electron chi connectivity index (χ3n) is 3.35. The van der Waals surface area contributed by atoms with E-state index in [1.807, 2.05) is 12.3 Å². The molecule has 2 aromatic heterocycles. The van der Waals surface area contributed by atoms with Gasteiger partial charge >= 0.3 is 0 Å². The predicted octanol–water partition coefficient (Wildman–Crippen LogP) is 5.20. The van der Waals surface area contributed by atoms with Gasteiger partial charge in [-0.15, -0.1) is 11.3 Å². The van der Waals surface area contributed by atoms with Crippen molar-refractivity contribution in [1.29, 1.82) is 0 Å². The Morgan fingerprint density at radius 2 is 1.90 bits per heavy atom. The zero-order chi connectivity index (χ0) is 14.3. The van der Waals surface area contributed by atoms with E-state index in [9.17, 15) is 0 Å². The Hall–Kier alpha value is -1.68. The standard InChI is InChI=1S/C16H18N2OS/c1-9(2)11-5-6-12-13(7-11)19-15(18-12)16-17-8-14(20-16)10(3)4/h5-10H,1-4H3. The van der Waals surface area contributed by atoms with Crippen molar-refractivity contribution in [3.8, 4) is 10.9 Å². The maximum absolute atomic E-state index is 5.87. The van der Waals surface area contributed by atoms with Gasteiger partial charge in [0.25, 0.3) is 5.89 Å². The Labute approximate surface area is 122 Å². The molecule has 0 aliphatic rings. The van der Waals surface area contributed by atoms with Crippen molar-refractivity contribution < 1.29 is 4.42 Å². The molecule has 0 aliphatic heterocycles. The van der Waals surface area contributed by atoms with E-state index >= 15 is 0 Å². The zero-order valence-electron chi connectivity index (χ0n) is 12.2. The predicted molar refractivity (Wildman–Crippen MR) is 83.3 cm³/mol. The highest BCUT2D eigenvalue weighted by atomic mass is 32.1. The van der Waals surface area contributed by atoms with E-state index in [2.05, 4.69) is 49.8 Å². The molecule has 0 spiro atoms. The molecule has 1 aromatic carbocycles. The molecule has 0 bridgehead atoms. The van der Waals surface area contributed by atoms with Gasteiger partial charge in [-0.05, 0) is 29.5 Å². The topological polar surface area (TPSA) is 38.9 Å².